The van der Waals surface area contributed by atoms with Gasteiger partial charge in [-0.2, -0.15) is 0 Å². The maximum Gasteiger partial charge on any atom is 0.124 e. The molecule has 2 N–H and O–H groups in total. The average molecular weight is 546 g/mol. The molecular weight excluding hydrogens is 510 g/mol. The number of aromatic nitrogens is 3. The second-order valence-corrected chi connectivity index (χ2v) is 10.3. The Morgan fingerprint density at radius 3 is 1.37 bits per heavy atom. The van der Waals surface area contributed by atoms with Gasteiger partial charge in [0.15, 0.2) is 0 Å². The van der Waals surface area contributed by atoms with Gasteiger partial charge in [-0.25, -0.2) is 0 Å². The Bertz CT molecular complexity index is 1490. The zero-order chi connectivity index (χ0) is 28.4. The van der Waals surface area contributed by atoms with Crippen LogP contribution in [0.4, 0.5) is 0 Å². The molecule has 0 aliphatic rings. The first-order chi connectivity index (χ1) is 20.0. The molecule has 0 saturated heterocycles. The highest BCUT2D eigenvalue weighted by molar-refractivity contribution is 5.44. The van der Waals surface area contributed by atoms with Crippen LogP contribution in [0.1, 0.15) is 39.3 Å². The molecule has 7 nitrogen and oxygen atoms in total. The lowest BCUT2D eigenvalue weighted by atomic mass is 10.0. The van der Waals surface area contributed by atoms with Gasteiger partial charge < -0.3 is 10.2 Å². The molecule has 2 aromatic carbocycles. The third-order valence-corrected chi connectivity index (χ3v) is 6.92. The summed E-state index contributed by atoms with van der Waals surface area (Å²) < 4.78 is 0. The van der Waals surface area contributed by atoms with Gasteiger partial charge in [-0.05, 0) is 49.4 Å². The maximum atomic E-state index is 11.6. The van der Waals surface area contributed by atoms with E-state index in [-0.39, 0.29) is 11.5 Å². The number of hydrogen-bond donors (Lipinski definition) is 2. The normalized spacial score (nSPS) is 11.3. The Kier molecular flexibility index (Phi) is 9.31. The molecule has 0 saturated carbocycles. The van der Waals surface area contributed by atoms with E-state index in [0.717, 1.165) is 39.3 Å². The highest BCUT2D eigenvalue weighted by Gasteiger charge is 2.18. The maximum absolute atomic E-state index is 11.6. The minimum Gasteiger partial charge on any atom is -0.508 e. The molecule has 0 atom stereocenters. The van der Waals surface area contributed by atoms with Gasteiger partial charge in [0.25, 0.3) is 0 Å². The fraction of sp³-hybridized carbons (Fsp3) is 0.206. The topological polar surface area (TPSA) is 85.6 Å². The van der Waals surface area contributed by atoms with E-state index in [0.29, 0.717) is 39.3 Å². The highest BCUT2D eigenvalue weighted by atomic mass is 16.3. The standard InChI is InChI=1S/C34H35N5O2/c1-26-18-28(21-38(23-30-11-4-7-15-35-30)20-27-10-2-3-14-33(27)40)34(41)29(19-26)22-39(24-31-12-5-8-16-36-31)25-32-13-6-9-17-37-32/h2-19,40-41H,20-25H2,1H3. The van der Waals surface area contributed by atoms with Crippen molar-refractivity contribution in [2.24, 2.45) is 0 Å². The van der Waals surface area contributed by atoms with E-state index in [1.54, 1.807) is 24.7 Å². The number of aryl methyl sites for hydroxylation is 1. The summed E-state index contributed by atoms with van der Waals surface area (Å²) in [6, 6.07) is 29.2. The predicted octanol–water partition coefficient (Wildman–Crippen LogP) is 6.00. The molecule has 208 valence electrons. The molecule has 0 unspecified atom stereocenters. The molecular formula is C34H35N5O2. The van der Waals surface area contributed by atoms with Crippen molar-refractivity contribution in [1.29, 1.82) is 0 Å². The minimum absolute atomic E-state index is 0.257. The van der Waals surface area contributed by atoms with E-state index in [9.17, 15) is 10.2 Å². The molecule has 0 spiro atoms. The van der Waals surface area contributed by atoms with Crippen LogP contribution in [-0.2, 0) is 39.3 Å². The van der Waals surface area contributed by atoms with Crippen LogP contribution < -0.4 is 0 Å². The summed E-state index contributed by atoms with van der Waals surface area (Å²) in [4.78, 5) is 18.0. The fourth-order valence-electron chi connectivity index (χ4n) is 5.04. The monoisotopic (exact) mass is 545 g/mol. The molecule has 0 radical (unpaired) electrons. The Hall–Kier alpha value is -4.59. The van der Waals surface area contributed by atoms with Gasteiger partial charge in [0.1, 0.15) is 11.5 Å². The van der Waals surface area contributed by atoms with Crippen LogP contribution in [-0.4, -0.2) is 35.0 Å². The van der Waals surface area contributed by atoms with E-state index >= 15 is 0 Å². The van der Waals surface area contributed by atoms with E-state index in [1.807, 2.05) is 78.9 Å². The van der Waals surface area contributed by atoms with Gasteiger partial charge in [-0.15, -0.1) is 0 Å². The summed E-state index contributed by atoms with van der Waals surface area (Å²) >= 11 is 0. The summed E-state index contributed by atoms with van der Waals surface area (Å²) in [5.74, 6) is 0.540. The van der Waals surface area contributed by atoms with Crippen LogP contribution in [0.15, 0.2) is 110 Å². The molecule has 3 heterocycles. The lowest BCUT2D eigenvalue weighted by Gasteiger charge is -2.26. The Balaban J connectivity index is 1.42. The van der Waals surface area contributed by atoms with Crippen molar-refractivity contribution in [2.75, 3.05) is 0 Å². The third-order valence-electron chi connectivity index (χ3n) is 6.92. The summed E-state index contributed by atoms with van der Waals surface area (Å²) in [5.41, 5.74) is 6.43. The van der Waals surface area contributed by atoms with Crippen molar-refractivity contribution in [3.05, 3.63) is 149 Å². The largest absolute Gasteiger partial charge is 0.508 e. The molecule has 3 aromatic heterocycles. The van der Waals surface area contributed by atoms with Crippen molar-refractivity contribution < 1.29 is 10.2 Å². The van der Waals surface area contributed by atoms with Crippen molar-refractivity contribution >= 4 is 0 Å². The van der Waals surface area contributed by atoms with Crippen LogP contribution in [0, 0.1) is 6.92 Å². The predicted molar refractivity (Wildman–Crippen MR) is 160 cm³/mol. The number of phenolic OH excluding ortho intramolecular Hbond substituents is 2. The second kappa shape index (κ2) is 13.7. The zero-order valence-electron chi connectivity index (χ0n) is 23.3. The first kappa shape index (κ1) is 28.0. The molecule has 0 aliphatic heterocycles. The van der Waals surface area contributed by atoms with Gasteiger partial charge in [0, 0.05) is 74.5 Å². The van der Waals surface area contributed by atoms with E-state index < -0.39 is 0 Å². The lowest BCUT2D eigenvalue weighted by molar-refractivity contribution is 0.231. The molecule has 5 aromatic rings. The molecule has 0 amide bonds. The Labute approximate surface area is 241 Å². The molecule has 0 bridgehead atoms. The third kappa shape index (κ3) is 7.97. The summed E-state index contributed by atoms with van der Waals surface area (Å²) in [6.07, 6.45) is 5.39. The number of aromatic hydroxyl groups is 2. The number of hydrogen-bond acceptors (Lipinski definition) is 7. The van der Waals surface area contributed by atoms with Gasteiger partial charge in [0.2, 0.25) is 0 Å². The van der Waals surface area contributed by atoms with Crippen molar-refractivity contribution in [1.82, 2.24) is 24.8 Å². The Morgan fingerprint density at radius 2 is 0.927 bits per heavy atom. The average Bonchev–Trinajstić information content (AvgIpc) is 2.98. The number of phenols is 2. The molecule has 0 fully saturated rings. The van der Waals surface area contributed by atoms with Crippen LogP contribution >= 0.6 is 0 Å². The lowest BCUT2D eigenvalue weighted by Crippen LogP contribution is -2.25. The Morgan fingerprint density at radius 1 is 0.512 bits per heavy atom. The zero-order valence-corrected chi connectivity index (χ0v) is 23.3. The van der Waals surface area contributed by atoms with Crippen LogP contribution in [0.3, 0.4) is 0 Å². The van der Waals surface area contributed by atoms with Gasteiger partial charge in [-0.3, -0.25) is 24.8 Å². The van der Waals surface area contributed by atoms with Crippen LogP contribution in [0.5, 0.6) is 11.5 Å². The van der Waals surface area contributed by atoms with Gasteiger partial charge in [-0.1, -0.05) is 54.1 Å². The summed E-state index contributed by atoms with van der Waals surface area (Å²) in [5, 5.41) is 22.0. The van der Waals surface area contributed by atoms with Gasteiger partial charge >= 0.3 is 0 Å². The minimum atomic E-state index is 0.257. The molecule has 41 heavy (non-hydrogen) atoms. The van der Waals surface area contributed by atoms with Gasteiger partial charge in [0.05, 0.1) is 17.1 Å². The SMILES string of the molecule is Cc1cc(CN(Cc2ccccn2)Cc2ccccn2)c(O)c(CN(Cc2ccccn2)Cc2ccccc2O)c1. The van der Waals surface area contributed by atoms with Crippen molar-refractivity contribution in [2.45, 2.75) is 46.2 Å². The smallest absolute Gasteiger partial charge is 0.124 e. The second-order valence-electron chi connectivity index (χ2n) is 10.3. The first-order valence-corrected chi connectivity index (χ1v) is 13.8. The fourth-order valence-corrected chi connectivity index (χ4v) is 5.04. The number of benzene rings is 2. The van der Waals surface area contributed by atoms with E-state index in [4.69, 9.17) is 0 Å². The number of para-hydroxylation sites is 1. The first-order valence-electron chi connectivity index (χ1n) is 13.8. The molecule has 0 aliphatic carbocycles. The van der Waals surface area contributed by atoms with Crippen LogP contribution in [0.2, 0.25) is 0 Å². The van der Waals surface area contributed by atoms with Crippen molar-refractivity contribution in [3.8, 4) is 11.5 Å². The molecule has 5 rings (SSSR count). The summed E-state index contributed by atoms with van der Waals surface area (Å²) in [6.45, 7) is 5.42. The van der Waals surface area contributed by atoms with Crippen molar-refractivity contribution in [3.63, 3.8) is 0 Å². The van der Waals surface area contributed by atoms with E-state index in [2.05, 4.69) is 37.7 Å². The number of pyridine rings is 3. The molecule has 7 heteroatoms. The number of nitrogens with zero attached hydrogens (tertiary/aromatic N) is 5. The highest BCUT2D eigenvalue weighted by Crippen LogP contribution is 2.30. The van der Waals surface area contributed by atoms with E-state index in [1.165, 1.54) is 0 Å². The van der Waals surface area contributed by atoms with Crippen LogP contribution in [0.25, 0.3) is 0 Å². The summed E-state index contributed by atoms with van der Waals surface area (Å²) in [7, 11) is 0. The number of rotatable bonds is 12. The quantitative estimate of drug-likeness (QED) is 0.199.